The first-order valence-electron chi connectivity index (χ1n) is 6.81. The molecule has 1 atom stereocenters. The van der Waals surface area contributed by atoms with Crippen LogP contribution in [0.5, 0.6) is 0 Å². The minimum atomic E-state index is 0.323. The van der Waals surface area contributed by atoms with Gasteiger partial charge in [0.1, 0.15) is 0 Å². The van der Waals surface area contributed by atoms with Crippen LogP contribution < -0.4 is 0 Å². The number of carbonyl (C=O) groups excluding carboxylic acids is 1. The second kappa shape index (κ2) is 8.57. The molecule has 1 aliphatic heterocycles. The van der Waals surface area contributed by atoms with E-state index >= 15 is 0 Å². The summed E-state index contributed by atoms with van der Waals surface area (Å²) < 4.78 is 0. The molecule has 1 heterocycles. The van der Waals surface area contributed by atoms with Crippen molar-refractivity contribution >= 4 is 17.5 Å². The quantitative estimate of drug-likeness (QED) is 0.369. The van der Waals surface area contributed by atoms with Gasteiger partial charge in [-0.3, -0.25) is 4.79 Å². The van der Waals surface area contributed by atoms with Crippen LogP contribution in [0.1, 0.15) is 51.9 Å². The number of unbranched alkanes of at least 4 members (excludes halogenated alkanes) is 3. The molecule has 1 unspecified atom stereocenters. The van der Waals surface area contributed by atoms with Crippen LogP contribution in [0.4, 0.5) is 0 Å². The predicted molar refractivity (Wildman–Crippen MR) is 73.4 cm³/mol. The van der Waals surface area contributed by atoms with E-state index in [9.17, 15) is 4.79 Å². The van der Waals surface area contributed by atoms with Crippen molar-refractivity contribution in [2.45, 2.75) is 57.9 Å². The van der Waals surface area contributed by atoms with E-state index in [-0.39, 0.29) is 0 Å². The third-order valence-corrected chi connectivity index (χ3v) is 3.47. The van der Waals surface area contributed by atoms with Gasteiger partial charge >= 0.3 is 0 Å². The van der Waals surface area contributed by atoms with Crippen molar-refractivity contribution in [2.75, 3.05) is 12.4 Å². The Morgan fingerprint density at radius 2 is 2.24 bits per heavy atom. The maximum atomic E-state index is 11.6. The van der Waals surface area contributed by atoms with E-state index in [1.165, 1.54) is 12.8 Å². The summed E-state index contributed by atoms with van der Waals surface area (Å²) in [4.78, 5) is 13.6. The van der Waals surface area contributed by atoms with Crippen LogP contribution in [-0.4, -0.2) is 29.3 Å². The largest absolute Gasteiger partial charge is 0.336 e. The molecule has 0 aromatic rings. The first kappa shape index (κ1) is 14.6. The van der Waals surface area contributed by atoms with Crippen molar-refractivity contribution in [1.29, 1.82) is 0 Å². The lowest BCUT2D eigenvalue weighted by Gasteiger charge is -2.21. The zero-order valence-corrected chi connectivity index (χ0v) is 11.6. The van der Waals surface area contributed by atoms with Crippen molar-refractivity contribution in [3.05, 3.63) is 12.2 Å². The third kappa shape index (κ3) is 5.12. The Hall–Kier alpha value is -0.500. The molecule has 0 aliphatic carbocycles. The fraction of sp³-hybridized carbons (Fsp3) is 0.786. The summed E-state index contributed by atoms with van der Waals surface area (Å²) in [7, 11) is 0. The summed E-state index contributed by atoms with van der Waals surface area (Å²) >= 11 is 5.63. The highest BCUT2D eigenvalue weighted by Gasteiger charge is 2.27. The van der Waals surface area contributed by atoms with Gasteiger partial charge in [-0.2, -0.15) is 0 Å². The first-order valence-corrected chi connectivity index (χ1v) is 7.35. The molecule has 1 rings (SSSR count). The monoisotopic (exact) mass is 257 g/mol. The maximum absolute atomic E-state index is 11.6. The predicted octanol–water partition coefficient (Wildman–Crippen LogP) is 3.74. The van der Waals surface area contributed by atoms with Crippen LogP contribution in [0, 0.1) is 0 Å². The van der Waals surface area contributed by atoms with Gasteiger partial charge in [-0.25, -0.2) is 0 Å². The first-order chi connectivity index (χ1) is 8.29. The maximum Gasteiger partial charge on any atom is 0.223 e. The normalized spacial score (nSPS) is 20.7. The molecule has 17 heavy (non-hydrogen) atoms. The molecule has 1 amide bonds. The van der Waals surface area contributed by atoms with Crippen molar-refractivity contribution < 1.29 is 4.79 Å². The van der Waals surface area contributed by atoms with E-state index in [1.807, 2.05) is 4.90 Å². The summed E-state index contributed by atoms with van der Waals surface area (Å²) in [5, 5.41) is 0. The lowest BCUT2D eigenvalue weighted by Crippen LogP contribution is -2.32. The average Bonchev–Trinajstić information content (AvgIpc) is 2.66. The number of hydrogen-bond donors (Lipinski definition) is 0. The molecular weight excluding hydrogens is 234 g/mol. The minimum Gasteiger partial charge on any atom is -0.336 e. The molecule has 1 saturated heterocycles. The van der Waals surface area contributed by atoms with Crippen LogP contribution >= 0.6 is 11.6 Å². The number of alkyl halides is 1. The summed E-state index contributed by atoms with van der Waals surface area (Å²) in [6.07, 6.45) is 11.9. The summed E-state index contributed by atoms with van der Waals surface area (Å²) in [5.74, 6) is 1.09. The Balaban J connectivity index is 2.24. The number of nitrogens with zero attached hydrogens (tertiary/aromatic N) is 1. The SMILES string of the molecule is CCCN1C(=O)CCC1/C=C/CCCCCCl. The number of likely N-dealkylation sites (tertiary alicyclic amines) is 1. The third-order valence-electron chi connectivity index (χ3n) is 3.20. The Morgan fingerprint density at radius 1 is 1.41 bits per heavy atom. The van der Waals surface area contributed by atoms with Gasteiger partial charge in [0.05, 0.1) is 6.04 Å². The standard InChI is InChI=1S/C14H24ClNO/c1-2-12-16-13(9-10-14(16)17)8-6-4-3-5-7-11-15/h6,8,13H,2-5,7,9-12H2,1H3/b8-6+. The lowest BCUT2D eigenvalue weighted by molar-refractivity contribution is -0.128. The highest BCUT2D eigenvalue weighted by atomic mass is 35.5. The molecule has 0 aromatic carbocycles. The molecule has 0 radical (unpaired) electrons. The summed E-state index contributed by atoms with van der Waals surface area (Å²) in [6, 6.07) is 0.357. The molecule has 98 valence electrons. The van der Waals surface area contributed by atoms with E-state index in [0.717, 1.165) is 44.5 Å². The molecular formula is C14H24ClNO. The smallest absolute Gasteiger partial charge is 0.223 e. The number of halogens is 1. The van der Waals surface area contributed by atoms with Crippen LogP contribution in [0.2, 0.25) is 0 Å². The molecule has 1 aliphatic rings. The summed E-state index contributed by atoms with van der Waals surface area (Å²) in [5.41, 5.74) is 0. The van der Waals surface area contributed by atoms with Crippen molar-refractivity contribution in [3.63, 3.8) is 0 Å². The van der Waals surface area contributed by atoms with Gasteiger partial charge in [0, 0.05) is 18.8 Å². The van der Waals surface area contributed by atoms with Crippen molar-refractivity contribution in [1.82, 2.24) is 4.90 Å². The van der Waals surface area contributed by atoms with Crippen LogP contribution in [0.15, 0.2) is 12.2 Å². The van der Waals surface area contributed by atoms with Crippen LogP contribution in [0.25, 0.3) is 0 Å². The molecule has 0 bridgehead atoms. The fourth-order valence-corrected chi connectivity index (χ4v) is 2.46. The molecule has 3 heteroatoms. The molecule has 0 N–H and O–H groups in total. The topological polar surface area (TPSA) is 20.3 Å². The van der Waals surface area contributed by atoms with E-state index in [1.54, 1.807) is 0 Å². The highest BCUT2D eigenvalue weighted by Crippen LogP contribution is 2.20. The summed E-state index contributed by atoms with van der Waals surface area (Å²) in [6.45, 7) is 3.03. The lowest BCUT2D eigenvalue weighted by atomic mass is 10.1. The van der Waals surface area contributed by atoms with Gasteiger partial charge in [0.25, 0.3) is 0 Å². The van der Waals surface area contributed by atoms with E-state index in [2.05, 4.69) is 19.1 Å². The second-order valence-corrected chi connectivity index (χ2v) is 5.04. The van der Waals surface area contributed by atoms with Crippen molar-refractivity contribution in [3.8, 4) is 0 Å². The fourth-order valence-electron chi connectivity index (χ4n) is 2.27. The van der Waals surface area contributed by atoms with Gasteiger partial charge in [-0.05, 0) is 32.1 Å². The van der Waals surface area contributed by atoms with Gasteiger partial charge in [0.2, 0.25) is 5.91 Å². The Kier molecular flexibility index (Phi) is 7.34. The number of amides is 1. The highest BCUT2D eigenvalue weighted by molar-refractivity contribution is 6.17. The molecule has 0 spiro atoms. The minimum absolute atomic E-state index is 0.323. The molecule has 2 nitrogen and oxygen atoms in total. The zero-order chi connectivity index (χ0) is 12.5. The van der Waals surface area contributed by atoms with E-state index in [0.29, 0.717) is 11.9 Å². The Bertz CT molecular complexity index is 253. The average molecular weight is 258 g/mol. The van der Waals surface area contributed by atoms with Gasteiger partial charge in [-0.1, -0.05) is 25.5 Å². The zero-order valence-electron chi connectivity index (χ0n) is 10.8. The molecule has 0 aromatic heterocycles. The number of carbonyl (C=O) groups is 1. The number of allylic oxidation sites excluding steroid dienone is 1. The van der Waals surface area contributed by atoms with Gasteiger partial charge < -0.3 is 4.90 Å². The van der Waals surface area contributed by atoms with E-state index in [4.69, 9.17) is 11.6 Å². The number of hydrogen-bond acceptors (Lipinski definition) is 1. The van der Waals surface area contributed by atoms with Crippen LogP contribution in [0.3, 0.4) is 0 Å². The second-order valence-electron chi connectivity index (χ2n) is 4.66. The van der Waals surface area contributed by atoms with E-state index < -0.39 is 0 Å². The van der Waals surface area contributed by atoms with Crippen LogP contribution in [-0.2, 0) is 4.79 Å². The van der Waals surface area contributed by atoms with Crippen molar-refractivity contribution in [2.24, 2.45) is 0 Å². The molecule has 1 fully saturated rings. The number of rotatable bonds is 8. The van der Waals surface area contributed by atoms with Gasteiger partial charge in [-0.15, -0.1) is 11.6 Å². The Labute approximate surface area is 110 Å². The molecule has 0 saturated carbocycles. The van der Waals surface area contributed by atoms with Gasteiger partial charge in [0.15, 0.2) is 0 Å². The Morgan fingerprint density at radius 3 is 2.94 bits per heavy atom.